The highest BCUT2D eigenvalue weighted by Gasteiger charge is 2.12. The minimum atomic E-state index is -0.419. The van der Waals surface area contributed by atoms with Crippen molar-refractivity contribution in [3.05, 3.63) is 108 Å². The molecule has 0 fully saturated rings. The first-order valence-electron chi connectivity index (χ1n) is 9.24. The standard InChI is InChI=1S/C24H17N3O3/c28-23(19-12-14-25-15-13-19)27-26-16-17-8-10-20(11-9-17)30-24(29)22-7-3-5-18-4-1-2-6-21(18)22/h1-16H,(H,27,28)/b26-16-. The van der Waals surface area contributed by atoms with Crippen LogP contribution in [0.4, 0.5) is 0 Å². The van der Waals surface area contributed by atoms with Gasteiger partial charge in [0.25, 0.3) is 5.91 Å². The zero-order valence-corrected chi connectivity index (χ0v) is 15.9. The third-order valence-corrected chi connectivity index (χ3v) is 4.42. The molecule has 1 amide bonds. The Balaban J connectivity index is 1.40. The van der Waals surface area contributed by atoms with Crippen LogP contribution in [0.25, 0.3) is 10.8 Å². The smallest absolute Gasteiger partial charge is 0.344 e. The van der Waals surface area contributed by atoms with Gasteiger partial charge in [-0.2, -0.15) is 5.10 Å². The fourth-order valence-corrected chi connectivity index (χ4v) is 2.92. The van der Waals surface area contributed by atoms with E-state index in [0.29, 0.717) is 16.9 Å². The zero-order valence-electron chi connectivity index (χ0n) is 15.9. The van der Waals surface area contributed by atoms with Crippen molar-refractivity contribution in [2.45, 2.75) is 0 Å². The van der Waals surface area contributed by atoms with Crippen molar-refractivity contribution in [1.82, 2.24) is 10.4 Å². The molecule has 1 heterocycles. The average Bonchev–Trinajstić information content (AvgIpc) is 2.80. The predicted molar refractivity (Wildman–Crippen MR) is 115 cm³/mol. The first-order valence-corrected chi connectivity index (χ1v) is 9.24. The highest BCUT2D eigenvalue weighted by atomic mass is 16.5. The molecular weight excluding hydrogens is 378 g/mol. The summed E-state index contributed by atoms with van der Waals surface area (Å²) in [6.45, 7) is 0. The average molecular weight is 395 g/mol. The Morgan fingerprint density at radius 2 is 1.60 bits per heavy atom. The van der Waals surface area contributed by atoms with Gasteiger partial charge in [-0.05, 0) is 58.8 Å². The lowest BCUT2D eigenvalue weighted by Crippen LogP contribution is -2.17. The lowest BCUT2D eigenvalue weighted by atomic mass is 10.0. The molecular formula is C24H17N3O3. The minimum Gasteiger partial charge on any atom is -0.423 e. The van der Waals surface area contributed by atoms with E-state index in [1.165, 1.54) is 18.6 Å². The quantitative estimate of drug-likeness (QED) is 0.237. The van der Waals surface area contributed by atoms with E-state index in [1.807, 2.05) is 36.4 Å². The molecule has 0 aliphatic rings. The van der Waals surface area contributed by atoms with E-state index >= 15 is 0 Å². The summed E-state index contributed by atoms with van der Waals surface area (Å²) in [5.41, 5.74) is 4.18. The lowest BCUT2D eigenvalue weighted by molar-refractivity contribution is 0.0736. The molecule has 0 radical (unpaired) electrons. The van der Waals surface area contributed by atoms with Gasteiger partial charge in [-0.15, -0.1) is 0 Å². The number of amides is 1. The van der Waals surface area contributed by atoms with Crippen LogP contribution in [0.15, 0.2) is 96.4 Å². The summed E-state index contributed by atoms with van der Waals surface area (Å²) >= 11 is 0. The number of pyridine rings is 1. The van der Waals surface area contributed by atoms with E-state index in [0.717, 1.165) is 16.3 Å². The summed E-state index contributed by atoms with van der Waals surface area (Å²) in [5, 5.41) is 5.76. The summed E-state index contributed by atoms with van der Waals surface area (Å²) in [7, 11) is 0. The Labute approximate surface area is 172 Å². The van der Waals surface area contributed by atoms with E-state index in [2.05, 4.69) is 15.5 Å². The van der Waals surface area contributed by atoms with Gasteiger partial charge in [0.2, 0.25) is 0 Å². The molecule has 0 atom stereocenters. The van der Waals surface area contributed by atoms with Gasteiger partial charge >= 0.3 is 5.97 Å². The van der Waals surface area contributed by atoms with Crippen LogP contribution in [0.1, 0.15) is 26.3 Å². The molecule has 0 bridgehead atoms. The van der Waals surface area contributed by atoms with Gasteiger partial charge in [-0.1, -0.05) is 36.4 Å². The van der Waals surface area contributed by atoms with Crippen LogP contribution < -0.4 is 10.2 Å². The molecule has 0 unspecified atom stereocenters. The molecule has 30 heavy (non-hydrogen) atoms. The summed E-state index contributed by atoms with van der Waals surface area (Å²) in [5.74, 6) is -0.321. The summed E-state index contributed by atoms with van der Waals surface area (Å²) in [4.78, 5) is 28.4. The number of hydrogen-bond acceptors (Lipinski definition) is 5. The third kappa shape index (κ3) is 4.39. The number of hydrazone groups is 1. The largest absolute Gasteiger partial charge is 0.423 e. The predicted octanol–water partition coefficient (Wildman–Crippen LogP) is 4.22. The maximum Gasteiger partial charge on any atom is 0.344 e. The molecule has 1 aromatic heterocycles. The molecule has 0 aliphatic carbocycles. The van der Waals surface area contributed by atoms with Crippen LogP contribution in [-0.2, 0) is 0 Å². The van der Waals surface area contributed by atoms with E-state index < -0.39 is 5.97 Å². The maximum absolute atomic E-state index is 12.6. The van der Waals surface area contributed by atoms with Gasteiger partial charge in [-0.25, -0.2) is 10.2 Å². The second kappa shape index (κ2) is 8.79. The van der Waals surface area contributed by atoms with Crippen LogP contribution >= 0.6 is 0 Å². The molecule has 4 aromatic rings. The number of rotatable bonds is 5. The first kappa shape index (κ1) is 19.0. The molecule has 0 aliphatic heterocycles. The van der Waals surface area contributed by atoms with Crippen LogP contribution in [-0.4, -0.2) is 23.1 Å². The highest BCUT2D eigenvalue weighted by molar-refractivity contribution is 6.05. The molecule has 6 heteroatoms. The number of fused-ring (bicyclic) bond motifs is 1. The Kier molecular flexibility index (Phi) is 5.57. The fraction of sp³-hybridized carbons (Fsp3) is 0. The highest BCUT2D eigenvalue weighted by Crippen LogP contribution is 2.21. The van der Waals surface area contributed by atoms with Crippen LogP contribution in [0.2, 0.25) is 0 Å². The van der Waals surface area contributed by atoms with Gasteiger partial charge in [0.05, 0.1) is 11.8 Å². The lowest BCUT2D eigenvalue weighted by Gasteiger charge is -2.07. The van der Waals surface area contributed by atoms with Crippen LogP contribution in [0.5, 0.6) is 5.75 Å². The molecule has 4 rings (SSSR count). The van der Waals surface area contributed by atoms with Crippen molar-refractivity contribution in [2.24, 2.45) is 5.10 Å². The van der Waals surface area contributed by atoms with Gasteiger partial charge in [0.1, 0.15) is 5.75 Å². The topological polar surface area (TPSA) is 80.6 Å². The summed E-state index contributed by atoms with van der Waals surface area (Å²) in [6, 6.07) is 23.2. The van der Waals surface area contributed by atoms with Crippen molar-refractivity contribution < 1.29 is 14.3 Å². The van der Waals surface area contributed by atoms with Crippen molar-refractivity contribution in [3.63, 3.8) is 0 Å². The van der Waals surface area contributed by atoms with E-state index in [4.69, 9.17) is 4.74 Å². The third-order valence-electron chi connectivity index (χ3n) is 4.42. The second-order valence-electron chi connectivity index (χ2n) is 6.42. The van der Waals surface area contributed by atoms with Gasteiger partial charge in [0.15, 0.2) is 0 Å². The van der Waals surface area contributed by atoms with Gasteiger partial charge in [0, 0.05) is 18.0 Å². The maximum atomic E-state index is 12.6. The minimum absolute atomic E-state index is 0.325. The Morgan fingerprint density at radius 1 is 0.867 bits per heavy atom. The number of benzene rings is 3. The number of carbonyl (C=O) groups excluding carboxylic acids is 2. The Bertz CT molecular complexity index is 1210. The monoisotopic (exact) mass is 395 g/mol. The SMILES string of the molecule is O=C(N/N=C\c1ccc(OC(=O)c2cccc3ccccc23)cc1)c1ccncc1. The van der Waals surface area contributed by atoms with Gasteiger partial charge in [-0.3, -0.25) is 9.78 Å². The van der Waals surface area contributed by atoms with E-state index in [9.17, 15) is 9.59 Å². The number of ether oxygens (including phenoxy) is 1. The first-order chi connectivity index (χ1) is 14.7. The number of esters is 1. The number of aromatic nitrogens is 1. The van der Waals surface area contributed by atoms with E-state index in [1.54, 1.807) is 42.5 Å². The zero-order chi connectivity index (χ0) is 20.8. The number of nitrogens with zero attached hydrogens (tertiary/aromatic N) is 2. The van der Waals surface area contributed by atoms with E-state index in [-0.39, 0.29) is 5.91 Å². The molecule has 3 aromatic carbocycles. The van der Waals surface area contributed by atoms with Crippen molar-refractivity contribution in [1.29, 1.82) is 0 Å². The Hall–Kier alpha value is -4.32. The van der Waals surface area contributed by atoms with Crippen LogP contribution in [0, 0.1) is 0 Å². The van der Waals surface area contributed by atoms with Crippen LogP contribution in [0.3, 0.4) is 0 Å². The molecule has 1 N–H and O–H groups in total. The Morgan fingerprint density at radius 3 is 2.40 bits per heavy atom. The van der Waals surface area contributed by atoms with Gasteiger partial charge < -0.3 is 4.74 Å². The summed E-state index contributed by atoms with van der Waals surface area (Å²) < 4.78 is 5.50. The number of carbonyl (C=O) groups is 2. The van der Waals surface area contributed by atoms with Crippen molar-refractivity contribution in [3.8, 4) is 5.75 Å². The summed E-state index contributed by atoms with van der Waals surface area (Å²) in [6.07, 6.45) is 4.59. The van der Waals surface area contributed by atoms with Crippen molar-refractivity contribution in [2.75, 3.05) is 0 Å². The molecule has 0 saturated heterocycles. The number of nitrogens with one attached hydrogen (secondary N) is 1. The molecule has 0 spiro atoms. The molecule has 0 saturated carbocycles. The number of hydrogen-bond donors (Lipinski definition) is 1. The molecule has 6 nitrogen and oxygen atoms in total. The normalized spacial score (nSPS) is 10.8. The second-order valence-corrected chi connectivity index (χ2v) is 6.42. The van der Waals surface area contributed by atoms with Crippen molar-refractivity contribution >= 4 is 28.9 Å². The fourth-order valence-electron chi connectivity index (χ4n) is 2.92. The molecule has 146 valence electrons.